The molecule has 3 nitrogen and oxygen atoms in total. The van der Waals surface area contributed by atoms with E-state index in [4.69, 9.17) is 16.7 Å². The summed E-state index contributed by atoms with van der Waals surface area (Å²) < 4.78 is 0. The van der Waals surface area contributed by atoms with Gasteiger partial charge in [-0.1, -0.05) is 23.7 Å². The van der Waals surface area contributed by atoms with Crippen LogP contribution in [0.3, 0.4) is 0 Å². The molecule has 0 atom stereocenters. The van der Waals surface area contributed by atoms with Gasteiger partial charge in [-0.05, 0) is 37.1 Å². The number of aromatic carboxylic acids is 1. The van der Waals surface area contributed by atoms with E-state index < -0.39 is 5.97 Å². The van der Waals surface area contributed by atoms with Crippen LogP contribution in [0.1, 0.15) is 21.5 Å². The van der Waals surface area contributed by atoms with Crippen molar-refractivity contribution in [2.24, 2.45) is 0 Å². The van der Waals surface area contributed by atoms with Gasteiger partial charge < -0.3 is 5.11 Å². The number of carboxylic acids is 1. The zero-order chi connectivity index (χ0) is 13.3. The number of benzene rings is 1. The van der Waals surface area contributed by atoms with Crippen molar-refractivity contribution in [1.82, 2.24) is 4.98 Å². The summed E-state index contributed by atoms with van der Waals surface area (Å²) in [6.07, 6.45) is 1.32. The standard InChI is InChI=1S/C14H12ClNO2/c1-8-3-4-10(5-9(8)2)13-12(15)6-11(7-16-13)14(17)18/h3-7H,1-2H3,(H,17,18). The Morgan fingerprint density at radius 3 is 2.50 bits per heavy atom. The van der Waals surface area contributed by atoms with E-state index in [1.807, 2.05) is 32.0 Å². The van der Waals surface area contributed by atoms with Crippen molar-refractivity contribution < 1.29 is 9.90 Å². The quantitative estimate of drug-likeness (QED) is 0.896. The van der Waals surface area contributed by atoms with Gasteiger partial charge in [-0.25, -0.2) is 4.79 Å². The van der Waals surface area contributed by atoms with Gasteiger partial charge in [0.25, 0.3) is 0 Å². The lowest BCUT2D eigenvalue weighted by Gasteiger charge is -2.07. The number of nitrogens with zero attached hydrogens (tertiary/aromatic N) is 1. The predicted molar refractivity (Wildman–Crippen MR) is 71.1 cm³/mol. The van der Waals surface area contributed by atoms with E-state index in [9.17, 15) is 4.79 Å². The van der Waals surface area contributed by atoms with Gasteiger partial charge in [0.2, 0.25) is 0 Å². The Morgan fingerprint density at radius 1 is 1.22 bits per heavy atom. The SMILES string of the molecule is Cc1ccc(-c2ncc(C(=O)O)cc2Cl)cc1C. The number of aromatic nitrogens is 1. The molecule has 0 bridgehead atoms. The first-order chi connectivity index (χ1) is 8.49. The third-order valence-corrected chi connectivity index (χ3v) is 3.16. The Morgan fingerprint density at radius 2 is 1.94 bits per heavy atom. The van der Waals surface area contributed by atoms with Crippen molar-refractivity contribution in [1.29, 1.82) is 0 Å². The van der Waals surface area contributed by atoms with Crippen molar-refractivity contribution in [3.8, 4) is 11.3 Å². The van der Waals surface area contributed by atoms with Crippen molar-refractivity contribution in [2.75, 3.05) is 0 Å². The topological polar surface area (TPSA) is 50.2 Å². The van der Waals surface area contributed by atoms with Gasteiger partial charge in [0.15, 0.2) is 0 Å². The molecule has 1 aromatic heterocycles. The molecule has 0 aliphatic heterocycles. The molecule has 0 aliphatic rings. The van der Waals surface area contributed by atoms with E-state index in [0.717, 1.165) is 11.1 Å². The van der Waals surface area contributed by atoms with Crippen LogP contribution < -0.4 is 0 Å². The van der Waals surface area contributed by atoms with E-state index in [1.54, 1.807) is 0 Å². The maximum absolute atomic E-state index is 10.8. The average Bonchev–Trinajstić information content (AvgIpc) is 2.32. The second-order valence-electron chi connectivity index (χ2n) is 4.16. The first-order valence-electron chi connectivity index (χ1n) is 5.45. The number of halogens is 1. The maximum atomic E-state index is 10.8. The summed E-state index contributed by atoms with van der Waals surface area (Å²) in [5.41, 5.74) is 3.92. The Labute approximate surface area is 110 Å². The highest BCUT2D eigenvalue weighted by atomic mass is 35.5. The van der Waals surface area contributed by atoms with Crippen LogP contribution in [0.25, 0.3) is 11.3 Å². The van der Waals surface area contributed by atoms with Gasteiger partial charge in [0.05, 0.1) is 16.3 Å². The molecule has 2 aromatic rings. The predicted octanol–water partition coefficient (Wildman–Crippen LogP) is 3.72. The normalized spacial score (nSPS) is 10.4. The van der Waals surface area contributed by atoms with Crippen LogP contribution in [0.4, 0.5) is 0 Å². The number of hydrogen-bond acceptors (Lipinski definition) is 2. The molecule has 92 valence electrons. The molecule has 0 fully saturated rings. The third kappa shape index (κ3) is 2.36. The zero-order valence-corrected chi connectivity index (χ0v) is 10.8. The second-order valence-corrected chi connectivity index (χ2v) is 4.57. The monoisotopic (exact) mass is 261 g/mol. The zero-order valence-electron chi connectivity index (χ0n) is 10.1. The number of rotatable bonds is 2. The smallest absolute Gasteiger partial charge is 0.337 e. The van der Waals surface area contributed by atoms with E-state index >= 15 is 0 Å². The highest BCUT2D eigenvalue weighted by molar-refractivity contribution is 6.33. The lowest BCUT2D eigenvalue weighted by Crippen LogP contribution is -1.98. The second kappa shape index (κ2) is 4.78. The first-order valence-corrected chi connectivity index (χ1v) is 5.83. The molecule has 0 aliphatic carbocycles. The fraction of sp³-hybridized carbons (Fsp3) is 0.143. The molecule has 0 saturated heterocycles. The van der Waals surface area contributed by atoms with Crippen molar-refractivity contribution in [2.45, 2.75) is 13.8 Å². The summed E-state index contributed by atoms with van der Waals surface area (Å²) in [5, 5.41) is 9.20. The largest absolute Gasteiger partial charge is 0.478 e. The molecule has 1 heterocycles. The minimum atomic E-state index is -1.03. The molecule has 0 amide bonds. The molecular weight excluding hydrogens is 250 g/mol. The maximum Gasteiger partial charge on any atom is 0.337 e. The minimum Gasteiger partial charge on any atom is -0.478 e. The lowest BCUT2D eigenvalue weighted by molar-refractivity contribution is 0.0696. The Kier molecular flexibility index (Phi) is 3.34. The Bertz CT molecular complexity index is 623. The minimum absolute atomic E-state index is 0.0904. The van der Waals surface area contributed by atoms with Crippen molar-refractivity contribution in [3.05, 3.63) is 52.2 Å². The van der Waals surface area contributed by atoms with Crippen molar-refractivity contribution in [3.63, 3.8) is 0 Å². The number of aryl methyl sites for hydroxylation is 2. The average molecular weight is 262 g/mol. The summed E-state index contributed by atoms with van der Waals surface area (Å²) in [5.74, 6) is -1.03. The number of pyridine rings is 1. The van der Waals surface area contributed by atoms with Gasteiger partial charge in [0.1, 0.15) is 0 Å². The van der Waals surface area contributed by atoms with Crippen LogP contribution in [-0.4, -0.2) is 16.1 Å². The highest BCUT2D eigenvalue weighted by Gasteiger charge is 2.10. The Hall–Kier alpha value is -1.87. The molecule has 1 aromatic carbocycles. The lowest BCUT2D eigenvalue weighted by atomic mass is 10.0. The molecule has 0 saturated carbocycles. The number of carbonyl (C=O) groups is 1. The van der Waals surface area contributed by atoms with Gasteiger partial charge in [-0.15, -0.1) is 0 Å². The molecule has 0 spiro atoms. The van der Waals surface area contributed by atoms with E-state index in [1.165, 1.54) is 17.8 Å². The van der Waals surface area contributed by atoms with Crippen LogP contribution >= 0.6 is 11.6 Å². The van der Waals surface area contributed by atoms with Crippen LogP contribution in [-0.2, 0) is 0 Å². The van der Waals surface area contributed by atoms with E-state index in [0.29, 0.717) is 10.7 Å². The van der Waals surface area contributed by atoms with Crippen molar-refractivity contribution >= 4 is 17.6 Å². The summed E-state index contributed by atoms with van der Waals surface area (Å²) in [7, 11) is 0. The van der Waals surface area contributed by atoms with Gasteiger partial charge >= 0.3 is 5.97 Å². The summed E-state index contributed by atoms with van der Waals surface area (Å²) in [6, 6.07) is 7.33. The molecule has 0 unspecified atom stereocenters. The molecule has 1 N–H and O–H groups in total. The molecule has 0 radical (unpaired) electrons. The Balaban J connectivity index is 2.51. The fourth-order valence-corrected chi connectivity index (χ4v) is 1.93. The summed E-state index contributed by atoms with van der Waals surface area (Å²) >= 11 is 6.07. The molecular formula is C14H12ClNO2. The number of hydrogen-bond donors (Lipinski definition) is 1. The van der Waals surface area contributed by atoms with E-state index in [2.05, 4.69) is 4.98 Å². The first kappa shape index (κ1) is 12.6. The molecule has 18 heavy (non-hydrogen) atoms. The fourth-order valence-electron chi connectivity index (χ4n) is 1.66. The summed E-state index contributed by atoms with van der Waals surface area (Å²) in [4.78, 5) is 14.9. The third-order valence-electron chi connectivity index (χ3n) is 2.87. The molecule has 4 heteroatoms. The summed E-state index contributed by atoms with van der Waals surface area (Å²) in [6.45, 7) is 4.04. The van der Waals surface area contributed by atoms with Gasteiger partial charge in [-0.2, -0.15) is 0 Å². The van der Waals surface area contributed by atoms with Crippen LogP contribution in [0.2, 0.25) is 5.02 Å². The highest BCUT2D eigenvalue weighted by Crippen LogP contribution is 2.27. The molecule has 2 rings (SSSR count). The van der Waals surface area contributed by atoms with Gasteiger partial charge in [0, 0.05) is 11.8 Å². The van der Waals surface area contributed by atoms with Crippen LogP contribution in [0, 0.1) is 13.8 Å². The van der Waals surface area contributed by atoms with E-state index in [-0.39, 0.29) is 5.56 Å². The van der Waals surface area contributed by atoms with Crippen LogP contribution in [0.15, 0.2) is 30.5 Å². The number of carboxylic acid groups (broad SMARTS) is 1. The van der Waals surface area contributed by atoms with Crippen LogP contribution in [0.5, 0.6) is 0 Å². The van der Waals surface area contributed by atoms with Gasteiger partial charge in [-0.3, -0.25) is 4.98 Å².